The molecule has 138 valence electrons. The van der Waals surface area contributed by atoms with Gasteiger partial charge in [0.05, 0.1) is 5.69 Å². The number of aryl methyl sites for hydroxylation is 1. The number of thiazole rings is 1. The van der Waals surface area contributed by atoms with E-state index in [1.54, 1.807) is 4.57 Å². The average molecular weight is 380 g/mol. The van der Waals surface area contributed by atoms with Crippen LogP contribution in [0.4, 0.5) is 5.69 Å². The number of rotatable bonds is 3. The first-order valence-corrected chi connectivity index (χ1v) is 9.90. The minimum Gasteiger partial charge on any atom is -0.437 e. The fourth-order valence-electron chi connectivity index (χ4n) is 3.30. The van der Waals surface area contributed by atoms with E-state index in [2.05, 4.69) is 23.6 Å². The third-order valence-corrected chi connectivity index (χ3v) is 5.85. The van der Waals surface area contributed by atoms with E-state index >= 15 is 0 Å². The van der Waals surface area contributed by atoms with Crippen LogP contribution in [0.2, 0.25) is 0 Å². The van der Waals surface area contributed by atoms with Crippen LogP contribution in [0.25, 0.3) is 12.0 Å². The highest BCUT2D eigenvalue weighted by atomic mass is 32.1. The highest BCUT2D eigenvalue weighted by molar-refractivity contribution is 7.07. The molecule has 3 aromatic rings. The maximum Gasteiger partial charge on any atom is 0.274 e. The van der Waals surface area contributed by atoms with E-state index in [1.807, 2.05) is 61.5 Å². The quantitative estimate of drug-likeness (QED) is 0.649. The van der Waals surface area contributed by atoms with Gasteiger partial charge >= 0.3 is 0 Å². The normalized spacial score (nSPS) is 15.8. The van der Waals surface area contributed by atoms with E-state index in [-0.39, 0.29) is 5.56 Å². The Bertz CT molecular complexity index is 1180. The first kappa shape index (κ1) is 17.5. The largest absolute Gasteiger partial charge is 0.437 e. The number of aromatic nitrogens is 2. The molecule has 3 heterocycles. The van der Waals surface area contributed by atoms with E-state index in [0.29, 0.717) is 17.0 Å². The number of anilines is 1. The van der Waals surface area contributed by atoms with Crippen LogP contribution in [-0.4, -0.2) is 11.6 Å². The number of ether oxygens (including phenoxy) is 1. The molecule has 1 aliphatic rings. The van der Waals surface area contributed by atoms with Crippen molar-refractivity contribution in [3.05, 3.63) is 73.9 Å². The van der Waals surface area contributed by atoms with Crippen LogP contribution in [0.15, 0.2) is 53.5 Å². The van der Waals surface area contributed by atoms with Crippen molar-refractivity contribution < 1.29 is 9.30 Å². The second-order valence-corrected chi connectivity index (χ2v) is 7.34. The molecule has 0 saturated carbocycles. The standard InChI is InChI=1S/C21H22N3O2S/c1-4-23-13-9-8-10-15(23)14-18-24(5-2)20(25)19(27-18)21-22(3)16-11-6-7-12-17(16)26-21/h6-14H,4-5H2,1-3H3/q+1/b21-19-. The zero-order valence-corrected chi connectivity index (χ0v) is 16.5. The molecular formula is C21H22N3O2S+. The third-order valence-electron chi connectivity index (χ3n) is 4.75. The molecule has 0 fully saturated rings. The topological polar surface area (TPSA) is 38.4 Å². The first-order valence-electron chi connectivity index (χ1n) is 9.08. The molecule has 1 aliphatic heterocycles. The summed E-state index contributed by atoms with van der Waals surface area (Å²) >= 11 is 1.47. The third kappa shape index (κ3) is 2.96. The van der Waals surface area contributed by atoms with E-state index in [0.717, 1.165) is 28.3 Å². The molecule has 0 spiro atoms. The van der Waals surface area contributed by atoms with Crippen LogP contribution < -0.4 is 29.0 Å². The predicted octanol–water partition coefficient (Wildman–Crippen LogP) is 1.66. The molecule has 0 saturated heterocycles. The molecule has 6 heteroatoms. The lowest BCUT2D eigenvalue weighted by molar-refractivity contribution is -0.695. The summed E-state index contributed by atoms with van der Waals surface area (Å²) in [6.07, 6.45) is 4.12. The minimum absolute atomic E-state index is 0.0117. The molecule has 1 aromatic carbocycles. The lowest BCUT2D eigenvalue weighted by Gasteiger charge is -2.09. The van der Waals surface area contributed by atoms with E-state index in [1.165, 1.54) is 11.3 Å². The first-order chi connectivity index (χ1) is 13.1. The smallest absolute Gasteiger partial charge is 0.274 e. The Morgan fingerprint density at radius 2 is 1.93 bits per heavy atom. The summed E-state index contributed by atoms with van der Waals surface area (Å²) in [5, 5.41) is 0. The monoisotopic (exact) mass is 380 g/mol. The van der Waals surface area contributed by atoms with Gasteiger partial charge in [-0.25, -0.2) is 0 Å². The molecule has 5 nitrogen and oxygen atoms in total. The summed E-state index contributed by atoms with van der Waals surface area (Å²) in [6, 6.07) is 13.9. The number of benzene rings is 1. The number of hydrogen-bond donors (Lipinski definition) is 0. The molecule has 0 atom stereocenters. The van der Waals surface area contributed by atoms with Gasteiger partial charge in [-0.2, -0.15) is 4.57 Å². The summed E-state index contributed by atoms with van der Waals surface area (Å²) in [5.74, 6) is 1.38. The Morgan fingerprint density at radius 3 is 2.67 bits per heavy atom. The van der Waals surface area contributed by atoms with Crippen molar-refractivity contribution in [2.75, 3.05) is 11.9 Å². The van der Waals surface area contributed by atoms with Crippen molar-refractivity contribution in [3.63, 3.8) is 0 Å². The molecular weight excluding hydrogens is 358 g/mol. The molecule has 0 unspecified atom stereocenters. The number of para-hydroxylation sites is 2. The van der Waals surface area contributed by atoms with Crippen LogP contribution in [-0.2, 0) is 13.1 Å². The van der Waals surface area contributed by atoms with E-state index in [9.17, 15) is 4.79 Å². The van der Waals surface area contributed by atoms with Gasteiger partial charge in [0, 0.05) is 31.8 Å². The van der Waals surface area contributed by atoms with Gasteiger partial charge in [-0.05, 0) is 32.0 Å². The summed E-state index contributed by atoms with van der Waals surface area (Å²) in [5.41, 5.74) is 2.03. The Morgan fingerprint density at radius 1 is 1.15 bits per heavy atom. The predicted molar refractivity (Wildman–Crippen MR) is 108 cm³/mol. The number of pyridine rings is 1. The van der Waals surface area contributed by atoms with Crippen LogP contribution in [0.5, 0.6) is 5.75 Å². The van der Waals surface area contributed by atoms with Gasteiger partial charge in [0.1, 0.15) is 11.2 Å². The van der Waals surface area contributed by atoms with Crippen LogP contribution >= 0.6 is 11.3 Å². The summed E-state index contributed by atoms with van der Waals surface area (Å²) in [7, 11) is 1.93. The van der Waals surface area contributed by atoms with Gasteiger partial charge < -0.3 is 9.64 Å². The van der Waals surface area contributed by atoms with Gasteiger partial charge in [0.2, 0.25) is 11.6 Å². The lowest BCUT2D eigenvalue weighted by atomic mass is 10.3. The molecule has 0 bridgehead atoms. The van der Waals surface area contributed by atoms with E-state index in [4.69, 9.17) is 4.74 Å². The minimum atomic E-state index is -0.0117. The Hall–Kier alpha value is -2.86. The highest BCUT2D eigenvalue weighted by Gasteiger charge is 2.25. The lowest BCUT2D eigenvalue weighted by Crippen LogP contribution is -2.37. The number of hydrogen-bond acceptors (Lipinski definition) is 4. The zero-order chi connectivity index (χ0) is 19.0. The van der Waals surface area contributed by atoms with Crippen molar-refractivity contribution in [2.45, 2.75) is 26.9 Å². The van der Waals surface area contributed by atoms with Crippen molar-refractivity contribution in [1.82, 2.24) is 4.57 Å². The maximum absolute atomic E-state index is 13.1. The highest BCUT2D eigenvalue weighted by Crippen LogP contribution is 2.37. The maximum atomic E-state index is 13.1. The Balaban J connectivity index is 1.94. The Kier molecular flexibility index (Phi) is 4.58. The average Bonchev–Trinajstić information content (AvgIpc) is 3.19. The van der Waals surface area contributed by atoms with Crippen LogP contribution in [0, 0.1) is 0 Å². The second-order valence-electron chi connectivity index (χ2n) is 6.31. The number of nitrogens with zero attached hydrogens (tertiary/aromatic N) is 3. The Labute approximate surface area is 161 Å². The molecule has 4 rings (SSSR count). The van der Waals surface area contributed by atoms with Crippen molar-refractivity contribution >= 4 is 29.0 Å². The fraction of sp³-hybridized carbons (Fsp3) is 0.238. The zero-order valence-electron chi connectivity index (χ0n) is 15.7. The SMILES string of the molecule is CCn1c(=O)/c(=C2/Oc3ccccc3N2C)s/c1=C\c1cccc[n+]1CC. The van der Waals surface area contributed by atoms with Gasteiger partial charge in [-0.1, -0.05) is 12.1 Å². The fourth-order valence-corrected chi connectivity index (χ4v) is 4.48. The molecule has 27 heavy (non-hydrogen) atoms. The van der Waals surface area contributed by atoms with E-state index < -0.39 is 0 Å². The van der Waals surface area contributed by atoms with Gasteiger partial charge in [0.25, 0.3) is 5.56 Å². The summed E-state index contributed by atoms with van der Waals surface area (Å²) < 4.78 is 11.5. The molecule has 2 aromatic heterocycles. The van der Waals surface area contributed by atoms with Crippen LogP contribution in [0.1, 0.15) is 19.5 Å². The van der Waals surface area contributed by atoms with Gasteiger partial charge in [-0.3, -0.25) is 9.36 Å². The molecule has 0 N–H and O–H groups in total. The molecule has 0 aliphatic carbocycles. The van der Waals surface area contributed by atoms with Gasteiger partial charge in [0.15, 0.2) is 16.5 Å². The second kappa shape index (κ2) is 7.04. The van der Waals surface area contributed by atoms with Gasteiger partial charge in [-0.15, -0.1) is 11.3 Å². The molecule has 0 amide bonds. The van der Waals surface area contributed by atoms with Crippen LogP contribution in [0.3, 0.4) is 0 Å². The van der Waals surface area contributed by atoms with Crippen molar-refractivity contribution in [2.24, 2.45) is 0 Å². The number of fused-ring (bicyclic) bond motifs is 1. The van der Waals surface area contributed by atoms with Crippen molar-refractivity contribution in [3.8, 4) is 5.75 Å². The summed E-state index contributed by atoms with van der Waals surface area (Å²) in [4.78, 5) is 15.0. The van der Waals surface area contributed by atoms with Crippen molar-refractivity contribution in [1.29, 1.82) is 0 Å². The summed E-state index contributed by atoms with van der Waals surface area (Å²) in [6.45, 7) is 5.59. The molecule has 0 radical (unpaired) electrons.